The lowest BCUT2D eigenvalue weighted by atomic mass is 9.85. The number of aryl methyl sites for hydroxylation is 1. The zero-order valence-electron chi connectivity index (χ0n) is 8.27. The Morgan fingerprint density at radius 1 is 1.43 bits per heavy atom. The molecule has 0 aliphatic heterocycles. The molecule has 1 heterocycles. The Morgan fingerprint density at radius 2 is 2.29 bits per heavy atom. The van der Waals surface area contributed by atoms with Gasteiger partial charge in [-0.15, -0.1) is 0 Å². The Kier molecular flexibility index (Phi) is 2.22. The number of hydrogen-bond donors (Lipinski definition) is 1. The Morgan fingerprint density at radius 3 is 2.93 bits per heavy atom. The van der Waals surface area contributed by atoms with Crippen LogP contribution in [-0.2, 0) is 5.54 Å². The molecule has 1 aliphatic rings. The van der Waals surface area contributed by atoms with Crippen molar-refractivity contribution in [1.29, 1.82) is 0 Å². The summed E-state index contributed by atoms with van der Waals surface area (Å²) in [6.45, 7) is 1.98. The summed E-state index contributed by atoms with van der Waals surface area (Å²) in [7, 11) is 0. The molecular formula is C12H14N2. The number of rotatable bonds is 1. The highest BCUT2D eigenvalue weighted by Crippen LogP contribution is 2.26. The molecule has 0 amide bonds. The molecule has 1 unspecified atom stereocenters. The summed E-state index contributed by atoms with van der Waals surface area (Å²) in [6, 6.07) is 4.03. The van der Waals surface area contributed by atoms with Crippen LogP contribution < -0.4 is 5.73 Å². The first-order valence-corrected chi connectivity index (χ1v) is 4.77. The van der Waals surface area contributed by atoms with Crippen molar-refractivity contribution < 1.29 is 0 Å². The van der Waals surface area contributed by atoms with E-state index >= 15 is 0 Å². The van der Waals surface area contributed by atoms with E-state index in [4.69, 9.17) is 5.73 Å². The van der Waals surface area contributed by atoms with E-state index in [9.17, 15) is 0 Å². The van der Waals surface area contributed by atoms with E-state index in [1.807, 2.05) is 43.5 Å². The molecule has 2 N–H and O–H groups in total. The second-order valence-corrected chi connectivity index (χ2v) is 3.72. The lowest BCUT2D eigenvalue weighted by Gasteiger charge is -2.27. The van der Waals surface area contributed by atoms with Gasteiger partial charge in [-0.05, 0) is 31.0 Å². The maximum absolute atomic E-state index is 6.28. The first kappa shape index (κ1) is 9.16. The molecule has 14 heavy (non-hydrogen) atoms. The Bertz CT molecular complexity index is 393. The third-order valence-corrected chi connectivity index (χ3v) is 2.53. The van der Waals surface area contributed by atoms with Crippen LogP contribution in [0.25, 0.3) is 0 Å². The highest BCUT2D eigenvalue weighted by molar-refractivity contribution is 5.34. The maximum atomic E-state index is 6.28. The highest BCUT2D eigenvalue weighted by atomic mass is 14.7. The van der Waals surface area contributed by atoms with Crippen molar-refractivity contribution in [2.24, 2.45) is 5.73 Å². The van der Waals surface area contributed by atoms with Crippen molar-refractivity contribution in [3.8, 4) is 0 Å². The molecule has 1 aliphatic carbocycles. The van der Waals surface area contributed by atoms with Gasteiger partial charge in [0.25, 0.3) is 0 Å². The maximum Gasteiger partial charge on any atom is 0.0634 e. The molecule has 0 spiro atoms. The number of pyridine rings is 1. The van der Waals surface area contributed by atoms with E-state index in [2.05, 4.69) is 11.1 Å². The molecule has 2 rings (SSSR count). The molecule has 1 aromatic heterocycles. The summed E-state index contributed by atoms with van der Waals surface area (Å²) in [6.07, 6.45) is 10.8. The van der Waals surface area contributed by atoms with Crippen LogP contribution in [0.3, 0.4) is 0 Å². The second kappa shape index (κ2) is 3.39. The molecule has 2 heteroatoms. The van der Waals surface area contributed by atoms with Crippen LogP contribution in [0, 0.1) is 6.92 Å². The van der Waals surface area contributed by atoms with Crippen molar-refractivity contribution >= 4 is 0 Å². The van der Waals surface area contributed by atoms with Crippen molar-refractivity contribution in [3.63, 3.8) is 0 Å². The average molecular weight is 186 g/mol. The number of nitrogens with two attached hydrogens (primary N) is 1. The summed E-state index contributed by atoms with van der Waals surface area (Å²) in [5.74, 6) is 0. The molecule has 0 bridgehead atoms. The van der Waals surface area contributed by atoms with Gasteiger partial charge in [0.2, 0.25) is 0 Å². The van der Waals surface area contributed by atoms with Gasteiger partial charge in [0, 0.05) is 11.9 Å². The minimum atomic E-state index is -0.345. The summed E-state index contributed by atoms with van der Waals surface area (Å²) in [4.78, 5) is 4.17. The normalized spacial score (nSPS) is 25.3. The molecule has 0 radical (unpaired) electrons. The molecule has 1 atom stereocenters. The minimum Gasteiger partial charge on any atom is -0.318 e. The number of allylic oxidation sites excluding steroid dienone is 2. The Labute approximate surface area is 84.2 Å². The van der Waals surface area contributed by atoms with Gasteiger partial charge in [0.15, 0.2) is 0 Å². The largest absolute Gasteiger partial charge is 0.318 e. The van der Waals surface area contributed by atoms with Gasteiger partial charge in [-0.1, -0.05) is 24.3 Å². The molecule has 0 aromatic carbocycles. The number of hydrogen-bond acceptors (Lipinski definition) is 2. The van der Waals surface area contributed by atoms with Crippen LogP contribution in [0.4, 0.5) is 0 Å². The number of nitrogens with zero attached hydrogens (tertiary/aromatic N) is 1. The molecule has 1 aromatic rings. The van der Waals surface area contributed by atoms with Gasteiger partial charge < -0.3 is 5.73 Å². The van der Waals surface area contributed by atoms with E-state index in [1.54, 1.807) is 0 Å². The molecule has 2 nitrogen and oxygen atoms in total. The van der Waals surface area contributed by atoms with Crippen molar-refractivity contribution in [2.45, 2.75) is 18.9 Å². The average Bonchev–Trinajstić information content (AvgIpc) is 2.19. The standard InChI is InChI=1S/C12H14N2/c1-10-9-11(5-8-14-10)12(13)6-3-2-4-7-12/h2-6,8-9H,7,13H2,1H3. The van der Waals surface area contributed by atoms with Crippen LogP contribution >= 0.6 is 0 Å². The van der Waals surface area contributed by atoms with E-state index in [-0.39, 0.29) is 5.54 Å². The summed E-state index contributed by atoms with van der Waals surface area (Å²) >= 11 is 0. The Balaban J connectivity index is 2.39. The lowest BCUT2D eigenvalue weighted by molar-refractivity contribution is 0.564. The van der Waals surface area contributed by atoms with Crippen LogP contribution in [0.1, 0.15) is 17.7 Å². The molecule has 0 saturated carbocycles. The van der Waals surface area contributed by atoms with Crippen molar-refractivity contribution in [1.82, 2.24) is 4.98 Å². The molecule has 0 saturated heterocycles. The molecule has 72 valence electrons. The summed E-state index contributed by atoms with van der Waals surface area (Å²) in [5, 5.41) is 0. The summed E-state index contributed by atoms with van der Waals surface area (Å²) in [5.41, 5.74) is 8.08. The summed E-state index contributed by atoms with van der Waals surface area (Å²) < 4.78 is 0. The van der Waals surface area contributed by atoms with Crippen molar-refractivity contribution in [3.05, 3.63) is 53.9 Å². The first-order valence-electron chi connectivity index (χ1n) is 4.77. The fourth-order valence-electron chi connectivity index (χ4n) is 1.69. The fraction of sp³-hybridized carbons (Fsp3) is 0.250. The van der Waals surface area contributed by atoms with E-state index in [1.165, 1.54) is 0 Å². The van der Waals surface area contributed by atoms with E-state index in [0.29, 0.717) is 0 Å². The van der Waals surface area contributed by atoms with Gasteiger partial charge in [0.05, 0.1) is 5.54 Å². The van der Waals surface area contributed by atoms with Gasteiger partial charge in [-0.3, -0.25) is 4.98 Å². The van der Waals surface area contributed by atoms with Crippen molar-refractivity contribution in [2.75, 3.05) is 0 Å². The minimum absolute atomic E-state index is 0.345. The van der Waals surface area contributed by atoms with Crippen LogP contribution in [-0.4, -0.2) is 4.98 Å². The van der Waals surface area contributed by atoms with E-state index in [0.717, 1.165) is 17.7 Å². The monoisotopic (exact) mass is 186 g/mol. The first-order chi connectivity index (χ1) is 6.71. The predicted octanol–water partition coefficient (Wildman–Crippen LogP) is 2.06. The topological polar surface area (TPSA) is 38.9 Å². The van der Waals surface area contributed by atoms with Gasteiger partial charge in [0.1, 0.15) is 0 Å². The van der Waals surface area contributed by atoms with Gasteiger partial charge in [-0.2, -0.15) is 0 Å². The zero-order chi connectivity index (χ0) is 10.0. The third kappa shape index (κ3) is 1.61. The van der Waals surface area contributed by atoms with Crippen LogP contribution in [0.15, 0.2) is 42.6 Å². The SMILES string of the molecule is Cc1cc(C2(N)C=CC=CC2)ccn1. The second-order valence-electron chi connectivity index (χ2n) is 3.72. The van der Waals surface area contributed by atoms with Gasteiger partial charge in [-0.25, -0.2) is 0 Å². The number of aromatic nitrogens is 1. The highest BCUT2D eigenvalue weighted by Gasteiger charge is 2.23. The fourth-order valence-corrected chi connectivity index (χ4v) is 1.69. The van der Waals surface area contributed by atoms with Gasteiger partial charge >= 0.3 is 0 Å². The van der Waals surface area contributed by atoms with Crippen LogP contribution in [0.2, 0.25) is 0 Å². The quantitative estimate of drug-likeness (QED) is 0.729. The zero-order valence-corrected chi connectivity index (χ0v) is 8.27. The predicted molar refractivity (Wildman–Crippen MR) is 57.7 cm³/mol. The van der Waals surface area contributed by atoms with E-state index < -0.39 is 0 Å². The molecule has 0 fully saturated rings. The lowest BCUT2D eigenvalue weighted by Crippen LogP contribution is -2.34. The Hall–Kier alpha value is -1.41. The molecular weight excluding hydrogens is 172 g/mol. The van der Waals surface area contributed by atoms with Crippen LogP contribution in [0.5, 0.6) is 0 Å². The smallest absolute Gasteiger partial charge is 0.0634 e. The third-order valence-electron chi connectivity index (χ3n) is 2.53.